The molecule has 8 nitrogen and oxygen atoms in total. The van der Waals surface area contributed by atoms with Gasteiger partial charge in [-0.2, -0.15) is 0 Å². The number of imide groups is 2. The smallest absolute Gasteiger partial charge is 0.335 e. The van der Waals surface area contributed by atoms with Crippen LogP contribution in [-0.4, -0.2) is 37.7 Å². The fraction of sp³-hybridized carbons (Fsp3) is 0.269. The van der Waals surface area contributed by atoms with E-state index >= 15 is 0 Å². The van der Waals surface area contributed by atoms with Crippen molar-refractivity contribution < 1.29 is 28.6 Å². The van der Waals surface area contributed by atoms with Crippen molar-refractivity contribution >= 4 is 45.5 Å². The maximum Gasteiger partial charge on any atom is 0.335 e. The van der Waals surface area contributed by atoms with Crippen LogP contribution < -0.4 is 24.4 Å². The normalized spacial score (nSPS) is 14.7. The monoisotopic (exact) mass is 542 g/mol. The van der Waals surface area contributed by atoms with Crippen molar-refractivity contribution in [2.45, 2.75) is 26.7 Å². The Balaban J connectivity index is 1.91. The molecule has 1 heterocycles. The molecule has 0 unspecified atom stereocenters. The summed E-state index contributed by atoms with van der Waals surface area (Å²) in [4.78, 5) is 39.2. The van der Waals surface area contributed by atoms with Gasteiger partial charge >= 0.3 is 6.03 Å². The molecular weight excluding hydrogens is 516 g/mol. The highest BCUT2D eigenvalue weighted by atomic mass is 79.9. The second-order valence-electron chi connectivity index (χ2n) is 7.52. The molecule has 0 atom stereocenters. The first-order valence-electron chi connectivity index (χ1n) is 11.2. The molecule has 0 aliphatic carbocycles. The zero-order valence-electron chi connectivity index (χ0n) is 19.6. The number of anilines is 1. The third kappa shape index (κ3) is 6.30. The van der Waals surface area contributed by atoms with E-state index in [9.17, 15) is 14.4 Å². The molecule has 1 N–H and O–H groups in total. The molecule has 0 saturated carbocycles. The molecule has 184 valence electrons. The summed E-state index contributed by atoms with van der Waals surface area (Å²) in [5.41, 5.74) is 0.638. The van der Waals surface area contributed by atoms with Gasteiger partial charge in [0.1, 0.15) is 17.9 Å². The number of hydrogen-bond donors (Lipinski definition) is 1. The van der Waals surface area contributed by atoms with Crippen LogP contribution in [0.2, 0.25) is 0 Å². The lowest BCUT2D eigenvalue weighted by atomic mass is 10.1. The van der Waals surface area contributed by atoms with Crippen molar-refractivity contribution in [2.75, 3.05) is 24.7 Å². The van der Waals surface area contributed by atoms with E-state index in [4.69, 9.17) is 14.2 Å². The maximum atomic E-state index is 13.2. The van der Waals surface area contributed by atoms with Crippen molar-refractivity contribution in [3.8, 4) is 17.2 Å². The van der Waals surface area contributed by atoms with E-state index in [-0.39, 0.29) is 12.2 Å². The summed E-state index contributed by atoms with van der Waals surface area (Å²) in [7, 11) is 0. The minimum absolute atomic E-state index is 0.193. The van der Waals surface area contributed by atoms with E-state index in [2.05, 4.69) is 34.7 Å². The first kappa shape index (κ1) is 26.0. The number of hydrogen-bond acceptors (Lipinski definition) is 6. The van der Waals surface area contributed by atoms with Gasteiger partial charge in [-0.25, -0.2) is 9.69 Å². The standard InChI is InChI=1S/C26H27BrN2O6/c1-4-7-13-34-19-10-8-18(9-11-19)29-25(31)20(24(30)28-26(29)32)14-17-15-21(27)23(35-12-5-2)22(16-17)33-6-3/h5,8-11,14-16H,2,4,6-7,12-13H2,1,3H3,(H,28,30,32)/b20-14-. The fourth-order valence-electron chi connectivity index (χ4n) is 3.30. The number of rotatable bonds is 11. The molecule has 0 bridgehead atoms. The highest BCUT2D eigenvalue weighted by Crippen LogP contribution is 2.38. The van der Waals surface area contributed by atoms with Crippen molar-refractivity contribution in [3.05, 3.63) is 64.7 Å². The molecule has 4 amide bonds. The van der Waals surface area contributed by atoms with Gasteiger partial charge in [0.15, 0.2) is 11.5 Å². The third-order valence-corrected chi connectivity index (χ3v) is 5.54. The third-order valence-electron chi connectivity index (χ3n) is 4.95. The molecule has 1 saturated heterocycles. The summed E-state index contributed by atoms with van der Waals surface area (Å²) in [6, 6.07) is 9.09. The topological polar surface area (TPSA) is 94.2 Å². The van der Waals surface area contributed by atoms with Crippen LogP contribution in [0.3, 0.4) is 0 Å². The second kappa shape index (κ2) is 12.2. The van der Waals surface area contributed by atoms with Gasteiger partial charge < -0.3 is 14.2 Å². The van der Waals surface area contributed by atoms with E-state index in [0.717, 1.165) is 17.7 Å². The largest absolute Gasteiger partial charge is 0.494 e. The molecule has 3 rings (SSSR count). The van der Waals surface area contributed by atoms with Gasteiger partial charge in [-0.1, -0.05) is 26.0 Å². The number of nitrogens with one attached hydrogen (secondary N) is 1. The van der Waals surface area contributed by atoms with E-state index in [1.807, 2.05) is 6.92 Å². The van der Waals surface area contributed by atoms with Crippen molar-refractivity contribution in [2.24, 2.45) is 0 Å². The molecule has 35 heavy (non-hydrogen) atoms. The van der Waals surface area contributed by atoms with E-state index in [1.54, 1.807) is 42.5 Å². The zero-order valence-corrected chi connectivity index (χ0v) is 21.2. The van der Waals surface area contributed by atoms with Gasteiger partial charge in [-0.15, -0.1) is 0 Å². The number of ether oxygens (including phenoxy) is 3. The van der Waals surface area contributed by atoms with Crippen LogP contribution in [-0.2, 0) is 9.59 Å². The van der Waals surface area contributed by atoms with Crippen molar-refractivity contribution in [1.29, 1.82) is 0 Å². The van der Waals surface area contributed by atoms with E-state index in [1.165, 1.54) is 6.08 Å². The quantitative estimate of drug-likeness (QED) is 0.180. The van der Waals surface area contributed by atoms with Crippen LogP contribution in [0.25, 0.3) is 6.08 Å². The number of amides is 4. The van der Waals surface area contributed by atoms with Gasteiger partial charge in [0.05, 0.1) is 23.4 Å². The molecule has 0 aromatic heterocycles. The van der Waals surface area contributed by atoms with Crippen LogP contribution in [0.15, 0.2) is 59.1 Å². The fourth-order valence-corrected chi connectivity index (χ4v) is 3.88. The Labute approximate surface area is 212 Å². The SMILES string of the molecule is C=CCOc1c(Br)cc(/C=C2/C(=O)NC(=O)N(c3ccc(OCCCC)cc3)C2=O)cc1OCC. The lowest BCUT2D eigenvalue weighted by Crippen LogP contribution is -2.54. The predicted octanol–water partition coefficient (Wildman–Crippen LogP) is 5.26. The molecule has 1 aliphatic rings. The van der Waals surface area contributed by atoms with Gasteiger partial charge in [0.2, 0.25) is 0 Å². The number of benzene rings is 2. The molecule has 0 radical (unpaired) electrons. The highest BCUT2D eigenvalue weighted by molar-refractivity contribution is 9.10. The summed E-state index contributed by atoms with van der Waals surface area (Å²) in [5, 5.41) is 2.23. The number of urea groups is 1. The number of unbranched alkanes of at least 4 members (excludes halogenated alkanes) is 1. The van der Waals surface area contributed by atoms with Crippen LogP contribution in [0.1, 0.15) is 32.3 Å². The number of nitrogens with zero attached hydrogens (tertiary/aromatic N) is 1. The van der Waals surface area contributed by atoms with Crippen molar-refractivity contribution in [3.63, 3.8) is 0 Å². The molecule has 2 aromatic carbocycles. The van der Waals surface area contributed by atoms with E-state index in [0.29, 0.717) is 46.2 Å². The van der Waals surface area contributed by atoms with Gasteiger partial charge in [0, 0.05) is 0 Å². The Morgan fingerprint density at radius 3 is 2.46 bits per heavy atom. The molecule has 0 spiro atoms. The van der Waals surface area contributed by atoms with Crippen LogP contribution in [0.5, 0.6) is 17.2 Å². The van der Waals surface area contributed by atoms with Crippen LogP contribution >= 0.6 is 15.9 Å². The average Bonchev–Trinajstić information content (AvgIpc) is 2.82. The number of halogens is 1. The Morgan fingerprint density at radius 1 is 1.06 bits per heavy atom. The van der Waals surface area contributed by atoms with Gasteiger partial charge in [-0.05, 0) is 77.3 Å². The first-order chi connectivity index (χ1) is 16.9. The summed E-state index contributed by atoms with van der Waals surface area (Å²) in [6.07, 6.45) is 4.95. The van der Waals surface area contributed by atoms with E-state index < -0.39 is 17.8 Å². The maximum absolute atomic E-state index is 13.2. The summed E-state index contributed by atoms with van der Waals surface area (Å²) >= 11 is 3.45. The van der Waals surface area contributed by atoms with Crippen molar-refractivity contribution in [1.82, 2.24) is 5.32 Å². The van der Waals surface area contributed by atoms with Crippen LogP contribution in [0.4, 0.5) is 10.5 Å². The Hall–Kier alpha value is -3.59. The van der Waals surface area contributed by atoms with Crippen LogP contribution in [0, 0.1) is 0 Å². The summed E-state index contributed by atoms with van der Waals surface area (Å²) in [6.45, 7) is 8.79. The average molecular weight is 543 g/mol. The zero-order chi connectivity index (χ0) is 25.4. The second-order valence-corrected chi connectivity index (χ2v) is 8.37. The summed E-state index contributed by atoms with van der Waals surface area (Å²) in [5.74, 6) is 0.0273. The Morgan fingerprint density at radius 2 is 1.80 bits per heavy atom. The Kier molecular flexibility index (Phi) is 9.08. The minimum atomic E-state index is -0.818. The van der Waals surface area contributed by atoms with Gasteiger partial charge in [-0.3, -0.25) is 14.9 Å². The Bertz CT molecular complexity index is 1140. The molecular formula is C26H27BrN2O6. The summed E-state index contributed by atoms with van der Waals surface area (Å²) < 4.78 is 17.5. The lowest BCUT2D eigenvalue weighted by Gasteiger charge is -2.26. The predicted molar refractivity (Wildman–Crippen MR) is 137 cm³/mol. The molecule has 1 fully saturated rings. The number of carbonyl (C=O) groups is 3. The number of barbiturate groups is 1. The molecule has 2 aromatic rings. The number of carbonyl (C=O) groups excluding carboxylic acids is 3. The minimum Gasteiger partial charge on any atom is -0.494 e. The highest BCUT2D eigenvalue weighted by Gasteiger charge is 2.37. The first-order valence-corrected chi connectivity index (χ1v) is 12.0. The molecule has 1 aliphatic heterocycles. The molecule has 9 heteroatoms. The van der Waals surface area contributed by atoms with Gasteiger partial charge in [0.25, 0.3) is 11.8 Å². The lowest BCUT2D eigenvalue weighted by molar-refractivity contribution is -0.122.